The maximum Gasteiger partial charge on any atom is 0.335 e. The maximum absolute atomic E-state index is 10.2. The highest BCUT2D eigenvalue weighted by Crippen LogP contribution is 1.96. The summed E-state index contributed by atoms with van der Waals surface area (Å²) in [6.07, 6.45) is 3.51. The van der Waals surface area contributed by atoms with Crippen LogP contribution in [-0.4, -0.2) is 42.8 Å². The van der Waals surface area contributed by atoms with Crippen LogP contribution in [0.4, 0.5) is 0 Å². The highest BCUT2D eigenvalue weighted by molar-refractivity contribution is 5.87. The smallest absolute Gasteiger partial charge is 0.335 e. The number of aromatic carboxylic acids is 1. The molecular formula is C15H24O5. The van der Waals surface area contributed by atoms with E-state index in [1.54, 1.807) is 30.3 Å². The highest BCUT2D eigenvalue weighted by Gasteiger charge is 1.96. The Morgan fingerprint density at radius 3 is 2.25 bits per heavy atom. The Bertz CT molecular complexity index is 318. The standard InChI is InChI=1S/C8H18O3.C7H6O2/c1-2-3-4-6-10-8-11-7-5-9;8-7(9)6-4-2-1-3-5-6/h9H,2-8H2,1H3;1-5H,(H,8,9). The van der Waals surface area contributed by atoms with Crippen molar-refractivity contribution in [1.82, 2.24) is 0 Å². The molecule has 1 aromatic carbocycles. The van der Waals surface area contributed by atoms with Crippen molar-refractivity contribution >= 4 is 5.97 Å². The quantitative estimate of drug-likeness (QED) is 0.538. The van der Waals surface area contributed by atoms with Crippen LogP contribution in [0, 0.1) is 0 Å². The molecule has 1 rings (SSSR count). The fourth-order valence-corrected chi connectivity index (χ4v) is 1.28. The minimum atomic E-state index is -0.879. The number of carboxylic acid groups (broad SMARTS) is 1. The molecule has 0 atom stereocenters. The number of rotatable bonds is 9. The van der Waals surface area contributed by atoms with Gasteiger partial charge in [-0.2, -0.15) is 0 Å². The van der Waals surface area contributed by atoms with E-state index >= 15 is 0 Å². The predicted molar refractivity (Wildman–Crippen MR) is 76.8 cm³/mol. The number of carbonyl (C=O) groups is 1. The number of ether oxygens (including phenoxy) is 2. The first-order valence-electron chi connectivity index (χ1n) is 6.77. The number of benzene rings is 1. The van der Waals surface area contributed by atoms with E-state index in [9.17, 15) is 4.79 Å². The van der Waals surface area contributed by atoms with Crippen molar-refractivity contribution in [1.29, 1.82) is 0 Å². The molecule has 0 heterocycles. The summed E-state index contributed by atoms with van der Waals surface area (Å²) in [4.78, 5) is 10.2. The zero-order valence-electron chi connectivity index (χ0n) is 12.0. The topological polar surface area (TPSA) is 76.0 Å². The monoisotopic (exact) mass is 284 g/mol. The first kappa shape index (κ1) is 18.6. The summed E-state index contributed by atoms with van der Waals surface area (Å²) in [7, 11) is 0. The van der Waals surface area contributed by atoms with Gasteiger partial charge in [0.25, 0.3) is 0 Å². The van der Waals surface area contributed by atoms with Gasteiger partial charge in [0.2, 0.25) is 0 Å². The van der Waals surface area contributed by atoms with Gasteiger partial charge >= 0.3 is 5.97 Å². The summed E-state index contributed by atoms with van der Waals surface area (Å²) in [5, 5.41) is 16.7. The number of hydrogen-bond donors (Lipinski definition) is 2. The molecule has 1 aromatic rings. The van der Waals surface area contributed by atoms with Crippen molar-refractivity contribution in [2.75, 3.05) is 26.6 Å². The van der Waals surface area contributed by atoms with Gasteiger partial charge < -0.3 is 19.7 Å². The van der Waals surface area contributed by atoms with Gasteiger partial charge in [-0.25, -0.2) is 4.79 Å². The average Bonchev–Trinajstić information content (AvgIpc) is 2.48. The van der Waals surface area contributed by atoms with Crippen LogP contribution >= 0.6 is 0 Å². The van der Waals surface area contributed by atoms with E-state index in [0.29, 0.717) is 19.0 Å². The normalized spacial score (nSPS) is 9.70. The molecule has 0 aromatic heterocycles. The molecule has 0 aliphatic carbocycles. The van der Waals surface area contributed by atoms with E-state index in [-0.39, 0.29) is 6.61 Å². The molecule has 2 N–H and O–H groups in total. The number of aliphatic hydroxyl groups is 1. The van der Waals surface area contributed by atoms with Crippen molar-refractivity contribution < 1.29 is 24.5 Å². The van der Waals surface area contributed by atoms with E-state index in [2.05, 4.69) is 6.92 Å². The van der Waals surface area contributed by atoms with Crippen LogP contribution < -0.4 is 0 Å². The molecule has 20 heavy (non-hydrogen) atoms. The lowest BCUT2D eigenvalue weighted by molar-refractivity contribution is -0.0630. The molecule has 0 fully saturated rings. The second kappa shape index (κ2) is 14.0. The number of unbranched alkanes of at least 4 members (excludes halogenated alkanes) is 2. The van der Waals surface area contributed by atoms with Crippen molar-refractivity contribution in [2.45, 2.75) is 26.2 Å². The molecule has 5 nitrogen and oxygen atoms in total. The number of hydrogen-bond acceptors (Lipinski definition) is 4. The summed E-state index contributed by atoms with van der Waals surface area (Å²) in [6.45, 7) is 3.66. The third-order valence-electron chi connectivity index (χ3n) is 2.32. The lowest BCUT2D eigenvalue weighted by atomic mass is 10.2. The molecule has 0 saturated heterocycles. The van der Waals surface area contributed by atoms with Gasteiger partial charge in [0.1, 0.15) is 6.79 Å². The minimum Gasteiger partial charge on any atom is -0.478 e. The summed E-state index contributed by atoms with van der Waals surface area (Å²) in [5.74, 6) is -0.879. The Balaban J connectivity index is 0.000000367. The molecule has 0 saturated carbocycles. The number of carboxylic acids is 1. The van der Waals surface area contributed by atoms with Crippen LogP contribution in [0.3, 0.4) is 0 Å². The zero-order valence-corrected chi connectivity index (χ0v) is 12.0. The summed E-state index contributed by atoms with van der Waals surface area (Å²) in [5.41, 5.74) is 0.331. The SMILES string of the molecule is CCCCCOCOCCO.O=C(O)c1ccccc1. The van der Waals surface area contributed by atoms with E-state index in [0.717, 1.165) is 13.0 Å². The Morgan fingerprint density at radius 2 is 1.75 bits per heavy atom. The van der Waals surface area contributed by atoms with Gasteiger partial charge in [0.15, 0.2) is 0 Å². The second-order valence-electron chi connectivity index (χ2n) is 4.04. The molecule has 0 unspecified atom stereocenters. The second-order valence-corrected chi connectivity index (χ2v) is 4.04. The zero-order chi connectivity index (χ0) is 15.1. The van der Waals surface area contributed by atoms with E-state index in [1.165, 1.54) is 12.8 Å². The number of aliphatic hydroxyl groups excluding tert-OH is 1. The van der Waals surface area contributed by atoms with Gasteiger partial charge in [0, 0.05) is 6.61 Å². The van der Waals surface area contributed by atoms with Crippen molar-refractivity contribution in [3.05, 3.63) is 35.9 Å². The van der Waals surface area contributed by atoms with Crippen LogP contribution in [0.15, 0.2) is 30.3 Å². The Kier molecular flexibility index (Phi) is 13.0. The Hall–Kier alpha value is -1.43. The largest absolute Gasteiger partial charge is 0.478 e. The van der Waals surface area contributed by atoms with Gasteiger partial charge in [-0.1, -0.05) is 38.0 Å². The fourth-order valence-electron chi connectivity index (χ4n) is 1.28. The predicted octanol–water partition coefficient (Wildman–Crippen LogP) is 2.54. The third-order valence-corrected chi connectivity index (χ3v) is 2.32. The van der Waals surface area contributed by atoms with Gasteiger partial charge in [0.05, 0.1) is 18.8 Å². The Morgan fingerprint density at radius 1 is 1.10 bits per heavy atom. The molecule has 5 heteroatoms. The van der Waals surface area contributed by atoms with Gasteiger partial charge in [-0.3, -0.25) is 0 Å². The molecular weight excluding hydrogens is 260 g/mol. The molecule has 114 valence electrons. The Labute approximate surface area is 120 Å². The summed E-state index contributed by atoms with van der Waals surface area (Å²) < 4.78 is 10.00. The molecule has 0 aliphatic heterocycles. The lowest BCUT2D eigenvalue weighted by Crippen LogP contribution is -2.04. The molecule has 0 radical (unpaired) electrons. The van der Waals surface area contributed by atoms with E-state index in [1.807, 2.05) is 0 Å². The van der Waals surface area contributed by atoms with Crippen molar-refractivity contribution in [3.8, 4) is 0 Å². The average molecular weight is 284 g/mol. The van der Waals surface area contributed by atoms with Crippen molar-refractivity contribution in [3.63, 3.8) is 0 Å². The van der Waals surface area contributed by atoms with Crippen molar-refractivity contribution in [2.24, 2.45) is 0 Å². The maximum atomic E-state index is 10.2. The molecule has 0 bridgehead atoms. The molecule has 0 spiro atoms. The summed E-state index contributed by atoms with van der Waals surface area (Å²) >= 11 is 0. The minimum absolute atomic E-state index is 0.0678. The molecule has 0 aliphatic rings. The van der Waals surface area contributed by atoms with Crippen LogP contribution in [0.2, 0.25) is 0 Å². The van der Waals surface area contributed by atoms with E-state index < -0.39 is 5.97 Å². The van der Waals surface area contributed by atoms with Gasteiger partial charge in [-0.05, 0) is 18.6 Å². The van der Waals surface area contributed by atoms with Crippen LogP contribution in [0.25, 0.3) is 0 Å². The highest BCUT2D eigenvalue weighted by atomic mass is 16.7. The lowest BCUT2D eigenvalue weighted by Gasteiger charge is -2.03. The van der Waals surface area contributed by atoms with Gasteiger partial charge in [-0.15, -0.1) is 0 Å². The first-order valence-corrected chi connectivity index (χ1v) is 6.77. The van der Waals surface area contributed by atoms with Crippen LogP contribution in [-0.2, 0) is 9.47 Å². The fraction of sp³-hybridized carbons (Fsp3) is 0.533. The van der Waals surface area contributed by atoms with E-state index in [4.69, 9.17) is 19.7 Å². The first-order chi connectivity index (χ1) is 9.72. The van der Waals surface area contributed by atoms with Crippen LogP contribution in [0.1, 0.15) is 36.5 Å². The summed E-state index contributed by atoms with van der Waals surface area (Å²) in [6, 6.07) is 8.30. The molecule has 0 amide bonds. The third kappa shape index (κ3) is 11.6. The van der Waals surface area contributed by atoms with Crippen LogP contribution in [0.5, 0.6) is 0 Å².